The molecule has 1 aromatic heterocycles. The number of aryl methyl sites for hydroxylation is 3. The molecule has 2 rings (SSSR count). The Labute approximate surface area is 125 Å². The first-order valence-corrected chi connectivity index (χ1v) is 8.07. The summed E-state index contributed by atoms with van der Waals surface area (Å²) in [5.74, 6) is 0. The summed E-state index contributed by atoms with van der Waals surface area (Å²) in [5, 5.41) is 0. The van der Waals surface area contributed by atoms with Gasteiger partial charge in [0, 0.05) is 6.20 Å². The molecule has 1 heterocycles. The molecule has 2 aromatic rings. The van der Waals surface area contributed by atoms with Gasteiger partial charge in [0.05, 0.1) is 17.9 Å². The van der Waals surface area contributed by atoms with Crippen molar-refractivity contribution in [3.8, 4) is 0 Å². The Kier molecular flexibility index (Phi) is 4.29. The van der Waals surface area contributed by atoms with Gasteiger partial charge in [0.2, 0.25) is 10.0 Å². The molecule has 112 valence electrons. The van der Waals surface area contributed by atoms with Crippen LogP contribution in [0.3, 0.4) is 0 Å². The Morgan fingerprint density at radius 1 is 1.10 bits per heavy atom. The summed E-state index contributed by atoms with van der Waals surface area (Å²) in [6.07, 6.45) is 1.64. The van der Waals surface area contributed by atoms with Crippen molar-refractivity contribution in [1.82, 2.24) is 9.71 Å². The van der Waals surface area contributed by atoms with Crippen molar-refractivity contribution in [3.05, 3.63) is 52.8 Å². The van der Waals surface area contributed by atoms with Crippen LogP contribution in [0.25, 0.3) is 0 Å². The molecule has 0 saturated heterocycles. The largest absolute Gasteiger partial charge is 0.397 e. The van der Waals surface area contributed by atoms with Crippen molar-refractivity contribution in [3.63, 3.8) is 0 Å². The Bertz CT molecular complexity index is 770. The van der Waals surface area contributed by atoms with Gasteiger partial charge in [-0.15, -0.1) is 0 Å². The molecule has 6 heteroatoms. The highest BCUT2D eigenvalue weighted by Crippen LogP contribution is 2.25. The minimum Gasteiger partial charge on any atom is -0.397 e. The van der Waals surface area contributed by atoms with Gasteiger partial charge in [0.15, 0.2) is 0 Å². The second kappa shape index (κ2) is 5.83. The predicted octanol–water partition coefficient (Wildman–Crippen LogP) is 2.07. The molecule has 0 amide bonds. The Balaban J connectivity index is 2.32. The minimum atomic E-state index is -3.67. The topological polar surface area (TPSA) is 85.1 Å². The summed E-state index contributed by atoms with van der Waals surface area (Å²) in [6.45, 7) is 5.55. The molecule has 3 N–H and O–H groups in total. The summed E-state index contributed by atoms with van der Waals surface area (Å²) in [6, 6.07) is 7.28. The fourth-order valence-electron chi connectivity index (χ4n) is 2.10. The third-order valence-electron chi connectivity index (χ3n) is 3.43. The Morgan fingerprint density at radius 3 is 2.43 bits per heavy atom. The van der Waals surface area contributed by atoms with E-state index in [0.29, 0.717) is 16.9 Å². The zero-order valence-corrected chi connectivity index (χ0v) is 13.2. The van der Waals surface area contributed by atoms with Gasteiger partial charge in [-0.3, -0.25) is 4.98 Å². The molecule has 21 heavy (non-hydrogen) atoms. The highest BCUT2D eigenvalue weighted by atomic mass is 32.2. The monoisotopic (exact) mass is 305 g/mol. The number of rotatable bonds is 4. The van der Waals surface area contributed by atoms with Crippen LogP contribution >= 0.6 is 0 Å². The van der Waals surface area contributed by atoms with E-state index in [-0.39, 0.29) is 11.4 Å². The number of hydrogen-bond acceptors (Lipinski definition) is 4. The van der Waals surface area contributed by atoms with Crippen LogP contribution in [-0.2, 0) is 16.6 Å². The van der Waals surface area contributed by atoms with E-state index < -0.39 is 10.0 Å². The lowest BCUT2D eigenvalue weighted by Crippen LogP contribution is -2.26. The van der Waals surface area contributed by atoms with Crippen molar-refractivity contribution < 1.29 is 8.42 Å². The molecular formula is C15H19N3O2S. The van der Waals surface area contributed by atoms with Gasteiger partial charge in [-0.1, -0.05) is 18.2 Å². The van der Waals surface area contributed by atoms with Crippen LogP contribution in [0.15, 0.2) is 35.4 Å². The first kappa shape index (κ1) is 15.5. The second-order valence-electron chi connectivity index (χ2n) is 5.03. The molecular weight excluding hydrogens is 286 g/mol. The third kappa shape index (κ3) is 3.22. The van der Waals surface area contributed by atoms with Crippen LogP contribution in [-0.4, -0.2) is 13.4 Å². The van der Waals surface area contributed by atoms with Crippen LogP contribution in [0.4, 0.5) is 5.69 Å². The molecule has 0 aliphatic heterocycles. The molecule has 0 aliphatic carbocycles. The number of benzene rings is 1. The average Bonchev–Trinajstić information content (AvgIpc) is 2.42. The van der Waals surface area contributed by atoms with Crippen molar-refractivity contribution in [2.24, 2.45) is 0 Å². The molecule has 0 atom stereocenters. The summed E-state index contributed by atoms with van der Waals surface area (Å²) in [7, 11) is -3.67. The van der Waals surface area contributed by atoms with E-state index in [1.807, 2.05) is 25.1 Å². The van der Waals surface area contributed by atoms with Gasteiger partial charge in [-0.05, 0) is 43.5 Å². The molecule has 0 radical (unpaired) electrons. The number of nitrogens with zero attached hydrogens (tertiary/aromatic N) is 1. The van der Waals surface area contributed by atoms with E-state index in [2.05, 4.69) is 9.71 Å². The predicted molar refractivity (Wildman–Crippen MR) is 83.3 cm³/mol. The first-order valence-electron chi connectivity index (χ1n) is 6.59. The van der Waals surface area contributed by atoms with Gasteiger partial charge in [0.1, 0.15) is 4.90 Å². The van der Waals surface area contributed by atoms with Crippen LogP contribution in [0.1, 0.15) is 22.4 Å². The summed E-state index contributed by atoms with van der Waals surface area (Å²) < 4.78 is 27.6. The van der Waals surface area contributed by atoms with Crippen LogP contribution in [0, 0.1) is 20.8 Å². The SMILES string of the molecule is Cc1cccnc1CNS(=O)(=O)c1c(C)ccc(C)c1N. The van der Waals surface area contributed by atoms with Crippen molar-refractivity contribution >= 4 is 15.7 Å². The van der Waals surface area contributed by atoms with E-state index in [1.54, 1.807) is 26.1 Å². The summed E-state index contributed by atoms with van der Waals surface area (Å²) >= 11 is 0. The normalized spacial score (nSPS) is 11.6. The second-order valence-corrected chi connectivity index (χ2v) is 6.74. The van der Waals surface area contributed by atoms with E-state index in [4.69, 9.17) is 5.73 Å². The van der Waals surface area contributed by atoms with Gasteiger partial charge in [0.25, 0.3) is 0 Å². The maximum absolute atomic E-state index is 12.5. The molecule has 5 nitrogen and oxygen atoms in total. The molecule has 0 fully saturated rings. The highest BCUT2D eigenvalue weighted by molar-refractivity contribution is 7.89. The zero-order chi connectivity index (χ0) is 15.6. The number of anilines is 1. The van der Waals surface area contributed by atoms with Crippen molar-refractivity contribution in [1.29, 1.82) is 0 Å². The molecule has 1 aromatic carbocycles. The minimum absolute atomic E-state index is 0.141. The smallest absolute Gasteiger partial charge is 0.243 e. The van der Waals surface area contributed by atoms with Gasteiger partial charge in [-0.2, -0.15) is 0 Å². The maximum atomic E-state index is 12.5. The summed E-state index contributed by atoms with van der Waals surface area (Å²) in [4.78, 5) is 4.33. The van der Waals surface area contributed by atoms with Gasteiger partial charge >= 0.3 is 0 Å². The number of pyridine rings is 1. The number of hydrogen-bond donors (Lipinski definition) is 2. The van der Waals surface area contributed by atoms with Gasteiger partial charge in [-0.25, -0.2) is 13.1 Å². The third-order valence-corrected chi connectivity index (χ3v) is 5.03. The Hall–Kier alpha value is -1.92. The Morgan fingerprint density at radius 2 is 1.76 bits per heavy atom. The molecule has 0 unspecified atom stereocenters. The average molecular weight is 305 g/mol. The number of nitrogens with one attached hydrogen (secondary N) is 1. The lowest BCUT2D eigenvalue weighted by atomic mass is 10.1. The van der Waals surface area contributed by atoms with Crippen LogP contribution < -0.4 is 10.5 Å². The quantitative estimate of drug-likeness (QED) is 0.847. The van der Waals surface area contributed by atoms with Crippen LogP contribution in [0.2, 0.25) is 0 Å². The lowest BCUT2D eigenvalue weighted by molar-refractivity contribution is 0.580. The first-order chi connectivity index (χ1) is 9.83. The van der Waals surface area contributed by atoms with Gasteiger partial charge < -0.3 is 5.73 Å². The molecule has 0 saturated carbocycles. The van der Waals surface area contributed by atoms with E-state index in [1.165, 1.54) is 0 Å². The van der Waals surface area contributed by atoms with Crippen molar-refractivity contribution in [2.75, 3.05) is 5.73 Å². The lowest BCUT2D eigenvalue weighted by Gasteiger charge is -2.14. The van der Waals surface area contributed by atoms with Crippen molar-refractivity contribution in [2.45, 2.75) is 32.2 Å². The standard InChI is InChI=1S/C15H19N3O2S/c1-10-5-4-8-17-13(10)9-18-21(19,20)15-12(3)7-6-11(2)14(15)16/h4-8,18H,9,16H2,1-3H3. The fraction of sp³-hybridized carbons (Fsp3) is 0.267. The van der Waals surface area contributed by atoms with E-state index in [0.717, 1.165) is 11.1 Å². The number of nitrogen functional groups attached to an aromatic ring is 1. The van der Waals surface area contributed by atoms with E-state index in [9.17, 15) is 8.42 Å². The molecule has 0 spiro atoms. The zero-order valence-electron chi connectivity index (χ0n) is 12.3. The molecule has 0 aliphatic rings. The highest BCUT2D eigenvalue weighted by Gasteiger charge is 2.21. The van der Waals surface area contributed by atoms with E-state index >= 15 is 0 Å². The number of aromatic nitrogens is 1. The fourth-order valence-corrected chi connectivity index (χ4v) is 3.52. The number of sulfonamides is 1. The van der Waals surface area contributed by atoms with Crippen LogP contribution in [0.5, 0.6) is 0 Å². The molecule has 0 bridgehead atoms. The number of nitrogens with two attached hydrogens (primary N) is 1. The maximum Gasteiger partial charge on any atom is 0.243 e. The summed E-state index contributed by atoms with van der Waals surface area (Å²) in [5.41, 5.74) is 9.24.